The molecule has 2 heterocycles. The Morgan fingerprint density at radius 2 is 2.37 bits per heavy atom. The van der Waals surface area contributed by atoms with Gasteiger partial charge < -0.3 is 10.3 Å². The minimum atomic E-state index is -4.25. The van der Waals surface area contributed by atoms with E-state index in [4.69, 9.17) is 0 Å². The van der Waals surface area contributed by atoms with Crippen LogP contribution >= 0.6 is 11.8 Å². The third kappa shape index (κ3) is 4.13. The molecule has 1 aromatic rings. The minimum absolute atomic E-state index is 0.00534. The van der Waals surface area contributed by atoms with E-state index in [2.05, 4.69) is 20.6 Å². The second-order valence-corrected chi connectivity index (χ2v) is 5.21. The average Bonchev–Trinajstić information content (AvgIpc) is 2.80. The maximum atomic E-state index is 11.9. The average molecular weight is 294 g/mol. The van der Waals surface area contributed by atoms with Crippen molar-refractivity contribution in [3.05, 3.63) is 17.7 Å². The number of fused-ring (bicyclic) bond motifs is 1. The van der Waals surface area contributed by atoms with Gasteiger partial charge in [0.1, 0.15) is 0 Å². The number of carbonyl (C=O) groups is 1. The number of nitrogens with zero attached hydrogens (tertiary/aromatic N) is 1. The van der Waals surface area contributed by atoms with Gasteiger partial charge in [-0.3, -0.25) is 10.1 Å². The number of alkyl halides is 3. The molecule has 0 aliphatic carbocycles. The molecule has 5 nitrogen and oxygen atoms in total. The summed E-state index contributed by atoms with van der Waals surface area (Å²) in [4.78, 5) is 18.8. The van der Waals surface area contributed by atoms with Gasteiger partial charge in [0.25, 0.3) is 0 Å². The van der Waals surface area contributed by atoms with Crippen LogP contribution in [0.5, 0.6) is 0 Å². The highest BCUT2D eigenvalue weighted by molar-refractivity contribution is 8.00. The van der Waals surface area contributed by atoms with E-state index in [1.807, 2.05) is 0 Å². The summed E-state index contributed by atoms with van der Waals surface area (Å²) in [6.45, 7) is 0.499. The first-order chi connectivity index (χ1) is 8.96. The Morgan fingerprint density at radius 1 is 1.58 bits per heavy atom. The molecular weight excluding hydrogens is 281 g/mol. The smallest absolute Gasteiger partial charge is 0.354 e. The molecule has 0 saturated carbocycles. The van der Waals surface area contributed by atoms with Crippen molar-refractivity contribution in [2.45, 2.75) is 24.5 Å². The number of hydrogen-bond acceptors (Lipinski definition) is 4. The highest BCUT2D eigenvalue weighted by Gasteiger charge is 2.28. The maximum absolute atomic E-state index is 11.9. The number of thioether (sulfide) groups is 1. The molecule has 0 bridgehead atoms. The summed E-state index contributed by atoms with van der Waals surface area (Å²) in [5.74, 6) is -0.480. The van der Waals surface area contributed by atoms with Crippen molar-refractivity contribution in [2.75, 3.05) is 12.3 Å². The monoisotopic (exact) mass is 294 g/mol. The molecule has 106 valence electrons. The Kier molecular flexibility index (Phi) is 4.35. The van der Waals surface area contributed by atoms with Crippen LogP contribution in [-0.4, -0.2) is 39.7 Å². The lowest BCUT2D eigenvalue weighted by atomic mass is 10.1. The summed E-state index contributed by atoms with van der Waals surface area (Å²) >= 11 is -0.140. The summed E-state index contributed by atoms with van der Waals surface area (Å²) in [5, 5.41) is 5.49. The lowest BCUT2D eigenvalue weighted by Crippen LogP contribution is -2.48. The zero-order chi connectivity index (χ0) is 13.9. The van der Waals surface area contributed by atoms with E-state index in [9.17, 15) is 18.0 Å². The largest absolute Gasteiger partial charge is 0.441 e. The number of aromatic nitrogens is 2. The van der Waals surface area contributed by atoms with Crippen LogP contribution in [-0.2, 0) is 17.8 Å². The Hall–Kier alpha value is -1.22. The standard InChI is InChI=1S/C10H13F3N4OS/c11-10(12,13)19-2-1-14-9(18)7-3-6-8(4-15-7)17-5-16-6/h5,7,15H,1-4H2,(H,14,18)(H,16,17). The molecule has 1 aliphatic heterocycles. The van der Waals surface area contributed by atoms with E-state index in [0.29, 0.717) is 13.0 Å². The Bertz CT molecular complexity index is 448. The number of imidazole rings is 1. The predicted molar refractivity (Wildman–Crippen MR) is 64.4 cm³/mol. The Morgan fingerprint density at radius 3 is 3.11 bits per heavy atom. The number of nitrogens with one attached hydrogen (secondary N) is 3. The van der Waals surface area contributed by atoms with E-state index in [0.717, 1.165) is 11.4 Å². The third-order valence-corrected chi connectivity index (χ3v) is 3.45. The van der Waals surface area contributed by atoms with Crippen molar-refractivity contribution in [2.24, 2.45) is 0 Å². The maximum Gasteiger partial charge on any atom is 0.441 e. The number of halogens is 3. The normalized spacial score (nSPS) is 19.0. The van der Waals surface area contributed by atoms with E-state index in [-0.39, 0.29) is 30.0 Å². The highest BCUT2D eigenvalue weighted by Crippen LogP contribution is 2.29. The zero-order valence-electron chi connectivity index (χ0n) is 9.88. The zero-order valence-corrected chi connectivity index (χ0v) is 10.7. The first kappa shape index (κ1) is 14.2. The molecule has 2 rings (SSSR count). The molecule has 0 aromatic carbocycles. The molecular formula is C10H13F3N4OS. The van der Waals surface area contributed by atoms with Crippen molar-refractivity contribution >= 4 is 17.7 Å². The fourth-order valence-corrected chi connectivity index (χ4v) is 2.25. The number of amides is 1. The van der Waals surface area contributed by atoms with Crippen LogP contribution in [0.3, 0.4) is 0 Å². The SMILES string of the molecule is O=C(NCCSC(F)(F)F)C1Cc2nc[nH]c2CN1. The molecule has 0 spiro atoms. The summed E-state index contributed by atoms with van der Waals surface area (Å²) in [5.41, 5.74) is -2.49. The first-order valence-electron chi connectivity index (χ1n) is 5.68. The third-order valence-electron chi connectivity index (χ3n) is 2.71. The van der Waals surface area contributed by atoms with Crippen LogP contribution in [0.1, 0.15) is 11.4 Å². The van der Waals surface area contributed by atoms with Crippen LogP contribution in [0.4, 0.5) is 13.2 Å². The fraction of sp³-hybridized carbons (Fsp3) is 0.600. The number of hydrogen-bond donors (Lipinski definition) is 3. The predicted octanol–water partition coefficient (Wildman–Crippen LogP) is 0.793. The van der Waals surface area contributed by atoms with Gasteiger partial charge in [-0.15, -0.1) is 0 Å². The minimum Gasteiger partial charge on any atom is -0.354 e. The second kappa shape index (κ2) is 5.83. The van der Waals surface area contributed by atoms with Gasteiger partial charge in [0, 0.05) is 25.3 Å². The first-order valence-corrected chi connectivity index (χ1v) is 6.67. The van der Waals surface area contributed by atoms with Crippen molar-refractivity contribution in [1.82, 2.24) is 20.6 Å². The molecule has 0 radical (unpaired) electrons. The van der Waals surface area contributed by atoms with Crippen molar-refractivity contribution in [3.63, 3.8) is 0 Å². The Labute approximate surface area is 111 Å². The van der Waals surface area contributed by atoms with Crippen LogP contribution < -0.4 is 10.6 Å². The van der Waals surface area contributed by atoms with Gasteiger partial charge in [0.2, 0.25) is 5.91 Å². The summed E-state index contributed by atoms with van der Waals surface area (Å²) in [7, 11) is 0. The number of H-pyrrole nitrogens is 1. The van der Waals surface area contributed by atoms with Crippen LogP contribution in [0.15, 0.2) is 6.33 Å². The molecule has 9 heteroatoms. The molecule has 1 amide bonds. The fourth-order valence-electron chi connectivity index (χ4n) is 1.82. The summed E-state index contributed by atoms with van der Waals surface area (Å²) in [6.07, 6.45) is 2.00. The van der Waals surface area contributed by atoms with Crippen LogP contribution in [0.25, 0.3) is 0 Å². The van der Waals surface area contributed by atoms with E-state index >= 15 is 0 Å². The number of rotatable bonds is 4. The number of carbonyl (C=O) groups excluding carboxylic acids is 1. The van der Waals surface area contributed by atoms with E-state index in [1.54, 1.807) is 6.33 Å². The lowest BCUT2D eigenvalue weighted by molar-refractivity contribution is -0.123. The summed E-state index contributed by atoms with van der Waals surface area (Å²) < 4.78 is 35.7. The summed E-state index contributed by atoms with van der Waals surface area (Å²) in [6, 6.07) is -0.438. The molecule has 3 N–H and O–H groups in total. The van der Waals surface area contributed by atoms with Gasteiger partial charge in [0.15, 0.2) is 0 Å². The molecule has 0 saturated heterocycles. The molecule has 1 aromatic heterocycles. The van der Waals surface area contributed by atoms with Crippen molar-refractivity contribution < 1.29 is 18.0 Å². The van der Waals surface area contributed by atoms with Gasteiger partial charge in [-0.2, -0.15) is 13.2 Å². The van der Waals surface area contributed by atoms with Crippen LogP contribution in [0, 0.1) is 0 Å². The van der Waals surface area contributed by atoms with Crippen molar-refractivity contribution in [1.29, 1.82) is 0 Å². The molecule has 0 fully saturated rings. The van der Waals surface area contributed by atoms with E-state index < -0.39 is 11.6 Å². The molecule has 1 aliphatic rings. The van der Waals surface area contributed by atoms with E-state index in [1.165, 1.54) is 0 Å². The van der Waals surface area contributed by atoms with Gasteiger partial charge >= 0.3 is 5.51 Å². The number of aromatic amines is 1. The highest BCUT2D eigenvalue weighted by atomic mass is 32.2. The van der Waals surface area contributed by atoms with Gasteiger partial charge in [-0.05, 0) is 11.8 Å². The second-order valence-electron chi connectivity index (χ2n) is 4.05. The van der Waals surface area contributed by atoms with Gasteiger partial charge in [-0.25, -0.2) is 4.98 Å². The Balaban J connectivity index is 1.73. The van der Waals surface area contributed by atoms with Crippen LogP contribution in [0.2, 0.25) is 0 Å². The molecule has 19 heavy (non-hydrogen) atoms. The molecule has 1 atom stereocenters. The van der Waals surface area contributed by atoms with Crippen molar-refractivity contribution in [3.8, 4) is 0 Å². The quantitative estimate of drug-likeness (QED) is 0.718. The molecule has 1 unspecified atom stereocenters. The van der Waals surface area contributed by atoms with Gasteiger partial charge in [-0.1, -0.05) is 0 Å². The lowest BCUT2D eigenvalue weighted by Gasteiger charge is -2.22. The van der Waals surface area contributed by atoms with Gasteiger partial charge in [0.05, 0.1) is 23.8 Å². The topological polar surface area (TPSA) is 69.8 Å².